The van der Waals surface area contributed by atoms with Crippen molar-refractivity contribution < 1.29 is 19.5 Å². The fourth-order valence-corrected chi connectivity index (χ4v) is 5.34. The van der Waals surface area contributed by atoms with E-state index in [1.165, 1.54) is 0 Å². The molecule has 0 unspecified atom stereocenters. The van der Waals surface area contributed by atoms with Crippen LogP contribution in [-0.2, 0) is 9.59 Å². The molecule has 3 rings (SSSR count). The highest BCUT2D eigenvalue weighted by atomic mass is 32.2. The quantitative estimate of drug-likeness (QED) is 0.825. The van der Waals surface area contributed by atoms with E-state index in [1.54, 1.807) is 22.7 Å². The Morgan fingerprint density at radius 3 is 2.58 bits per heavy atom. The molecular weight excluding hydrogens is 352 g/mol. The summed E-state index contributed by atoms with van der Waals surface area (Å²) in [5.74, 6) is -1.49. The van der Waals surface area contributed by atoms with Crippen LogP contribution in [0.25, 0.3) is 0 Å². The molecule has 0 aromatic heterocycles. The van der Waals surface area contributed by atoms with Gasteiger partial charge in [0.15, 0.2) is 0 Å². The normalized spacial score (nSPS) is 24.3. The molecule has 1 saturated heterocycles. The fraction of sp³-hybridized carbons (Fsp3) is 0.526. The number of hydrogen-bond donors (Lipinski definition) is 2. The Hall–Kier alpha value is -2.02. The molecule has 2 N–H and O–H groups in total. The Morgan fingerprint density at radius 2 is 1.96 bits per heavy atom. The first-order valence-electron chi connectivity index (χ1n) is 8.76. The zero-order valence-corrected chi connectivity index (χ0v) is 16.2. The molecule has 140 valence electrons. The van der Waals surface area contributed by atoms with Crippen LogP contribution in [0.2, 0.25) is 0 Å². The summed E-state index contributed by atoms with van der Waals surface area (Å²) in [4.78, 5) is 39.0. The Bertz CT molecular complexity index is 762. The zero-order valence-electron chi connectivity index (χ0n) is 15.4. The summed E-state index contributed by atoms with van der Waals surface area (Å²) in [6, 6.07) is 5.72. The number of aliphatic carboxylic acids is 1. The number of carbonyl (C=O) groups is 3. The molecule has 2 aliphatic heterocycles. The topological polar surface area (TPSA) is 86.7 Å². The SMILES string of the molecule is CC(C)C[C@@H](NC(=O)[C@H]1N2C(=O)c3ccccc3[C@H]2SC1(C)C)C(=O)O. The Balaban J connectivity index is 1.88. The summed E-state index contributed by atoms with van der Waals surface area (Å²) in [6.07, 6.45) is 0.346. The van der Waals surface area contributed by atoms with Gasteiger partial charge in [-0.3, -0.25) is 9.59 Å². The highest BCUT2D eigenvalue weighted by molar-refractivity contribution is 8.01. The second-order valence-electron chi connectivity index (χ2n) is 7.80. The van der Waals surface area contributed by atoms with Crippen LogP contribution >= 0.6 is 11.8 Å². The molecule has 2 amide bonds. The van der Waals surface area contributed by atoms with Crippen LogP contribution in [0.4, 0.5) is 0 Å². The van der Waals surface area contributed by atoms with Crippen molar-refractivity contribution in [3.63, 3.8) is 0 Å². The van der Waals surface area contributed by atoms with Gasteiger partial charge in [-0.15, -0.1) is 11.8 Å². The number of nitrogens with zero attached hydrogens (tertiary/aromatic N) is 1. The van der Waals surface area contributed by atoms with Crippen LogP contribution in [0.15, 0.2) is 24.3 Å². The van der Waals surface area contributed by atoms with E-state index in [-0.39, 0.29) is 17.2 Å². The van der Waals surface area contributed by atoms with Crippen LogP contribution in [0.1, 0.15) is 55.4 Å². The maximum absolute atomic E-state index is 13.0. The molecule has 2 aliphatic rings. The largest absolute Gasteiger partial charge is 0.480 e. The molecule has 0 radical (unpaired) electrons. The van der Waals surface area contributed by atoms with Gasteiger partial charge in [-0.2, -0.15) is 0 Å². The Kier molecular flexibility index (Phi) is 4.77. The van der Waals surface area contributed by atoms with Gasteiger partial charge < -0.3 is 15.3 Å². The van der Waals surface area contributed by atoms with Crippen molar-refractivity contribution in [2.45, 2.75) is 56.3 Å². The minimum absolute atomic E-state index is 0.132. The first kappa shape index (κ1) is 18.8. The number of amides is 2. The monoisotopic (exact) mass is 376 g/mol. The second-order valence-corrected chi connectivity index (χ2v) is 9.54. The lowest BCUT2D eigenvalue weighted by Gasteiger charge is -2.30. The summed E-state index contributed by atoms with van der Waals surface area (Å²) in [5.41, 5.74) is 1.54. The van der Waals surface area contributed by atoms with Crippen LogP contribution in [0.3, 0.4) is 0 Å². The van der Waals surface area contributed by atoms with E-state index < -0.39 is 28.7 Å². The van der Waals surface area contributed by atoms with Crippen molar-refractivity contribution >= 4 is 29.5 Å². The molecule has 2 heterocycles. The third-order valence-corrected chi connectivity index (χ3v) is 6.40. The fourth-order valence-electron chi connectivity index (χ4n) is 3.75. The number of carboxylic acid groups (broad SMARTS) is 1. The van der Waals surface area contributed by atoms with E-state index in [0.717, 1.165) is 5.56 Å². The zero-order chi connectivity index (χ0) is 19.2. The van der Waals surface area contributed by atoms with E-state index in [1.807, 2.05) is 45.9 Å². The van der Waals surface area contributed by atoms with Crippen molar-refractivity contribution in [3.8, 4) is 0 Å². The molecule has 26 heavy (non-hydrogen) atoms. The molecule has 3 atom stereocenters. The maximum atomic E-state index is 13.0. The molecule has 0 spiro atoms. The van der Waals surface area contributed by atoms with Gasteiger partial charge in [0.1, 0.15) is 17.5 Å². The van der Waals surface area contributed by atoms with Gasteiger partial charge in [0.2, 0.25) is 5.91 Å². The van der Waals surface area contributed by atoms with Crippen molar-refractivity contribution in [3.05, 3.63) is 35.4 Å². The van der Waals surface area contributed by atoms with Gasteiger partial charge in [0.05, 0.1) is 0 Å². The predicted octanol–water partition coefficient (Wildman–Crippen LogP) is 2.65. The number of fused-ring (bicyclic) bond motifs is 3. The molecule has 7 heteroatoms. The summed E-state index contributed by atoms with van der Waals surface area (Å²) < 4.78 is -0.515. The minimum Gasteiger partial charge on any atom is -0.480 e. The van der Waals surface area contributed by atoms with Gasteiger partial charge in [0, 0.05) is 10.3 Å². The molecule has 0 bridgehead atoms. The molecule has 6 nitrogen and oxygen atoms in total. The smallest absolute Gasteiger partial charge is 0.326 e. The van der Waals surface area contributed by atoms with Gasteiger partial charge >= 0.3 is 5.97 Å². The van der Waals surface area contributed by atoms with Crippen molar-refractivity contribution in [2.24, 2.45) is 5.92 Å². The molecule has 1 fully saturated rings. The standard InChI is InChI=1S/C19H24N2O4S/c1-10(2)9-13(18(24)25)20-15(22)14-19(3,4)26-17-12-8-6-5-7-11(12)16(23)21(14)17/h5-8,10,13-14,17H,9H2,1-4H3,(H,20,22)(H,24,25)/t13-,14-,17-/m1/s1. The van der Waals surface area contributed by atoms with E-state index in [0.29, 0.717) is 12.0 Å². The van der Waals surface area contributed by atoms with Crippen molar-refractivity contribution in [2.75, 3.05) is 0 Å². The van der Waals surface area contributed by atoms with Crippen LogP contribution < -0.4 is 5.32 Å². The average molecular weight is 376 g/mol. The maximum Gasteiger partial charge on any atom is 0.326 e. The van der Waals surface area contributed by atoms with Crippen LogP contribution in [0, 0.1) is 5.92 Å². The van der Waals surface area contributed by atoms with E-state index >= 15 is 0 Å². The lowest BCUT2D eigenvalue weighted by atomic mass is 9.98. The third-order valence-electron chi connectivity index (χ3n) is 4.87. The summed E-state index contributed by atoms with van der Waals surface area (Å²) >= 11 is 1.57. The molecule has 1 aromatic rings. The predicted molar refractivity (Wildman–Crippen MR) is 99.8 cm³/mol. The highest BCUT2D eigenvalue weighted by Gasteiger charge is 2.57. The van der Waals surface area contributed by atoms with Gasteiger partial charge in [-0.1, -0.05) is 32.0 Å². The lowest BCUT2D eigenvalue weighted by molar-refractivity contribution is -0.143. The van der Waals surface area contributed by atoms with Crippen LogP contribution in [0.5, 0.6) is 0 Å². The van der Waals surface area contributed by atoms with Gasteiger partial charge in [-0.25, -0.2) is 4.79 Å². The van der Waals surface area contributed by atoms with E-state index in [9.17, 15) is 19.5 Å². The van der Waals surface area contributed by atoms with Crippen LogP contribution in [-0.4, -0.2) is 44.6 Å². The number of hydrogen-bond acceptors (Lipinski definition) is 4. The van der Waals surface area contributed by atoms with Crippen molar-refractivity contribution in [1.29, 1.82) is 0 Å². The highest BCUT2D eigenvalue weighted by Crippen LogP contribution is 2.56. The van der Waals surface area contributed by atoms with E-state index in [2.05, 4.69) is 5.32 Å². The van der Waals surface area contributed by atoms with Gasteiger partial charge in [0.25, 0.3) is 5.91 Å². The first-order chi connectivity index (χ1) is 12.1. The number of nitrogens with one attached hydrogen (secondary N) is 1. The lowest BCUT2D eigenvalue weighted by Crippen LogP contribution is -2.55. The Morgan fingerprint density at radius 1 is 1.31 bits per heavy atom. The Labute approximate surface area is 157 Å². The first-order valence-corrected chi connectivity index (χ1v) is 9.64. The number of rotatable bonds is 5. The molecule has 1 aromatic carbocycles. The van der Waals surface area contributed by atoms with Crippen molar-refractivity contribution in [1.82, 2.24) is 10.2 Å². The minimum atomic E-state index is -1.05. The number of carbonyl (C=O) groups excluding carboxylic acids is 2. The second kappa shape index (κ2) is 6.61. The number of carboxylic acids is 1. The molecular formula is C19H24N2O4S. The molecule has 0 saturated carbocycles. The summed E-state index contributed by atoms with van der Waals surface area (Å²) in [5, 5.41) is 11.9. The third kappa shape index (κ3) is 3.09. The number of thioether (sulfide) groups is 1. The number of benzene rings is 1. The van der Waals surface area contributed by atoms with Gasteiger partial charge in [-0.05, 0) is 37.8 Å². The summed E-state index contributed by atoms with van der Waals surface area (Å²) in [6.45, 7) is 7.67. The summed E-state index contributed by atoms with van der Waals surface area (Å²) in [7, 11) is 0. The molecule has 0 aliphatic carbocycles. The average Bonchev–Trinajstić information content (AvgIpc) is 2.97. The van der Waals surface area contributed by atoms with E-state index in [4.69, 9.17) is 0 Å².